The van der Waals surface area contributed by atoms with Crippen molar-refractivity contribution < 1.29 is 4.74 Å². The second-order valence-corrected chi connectivity index (χ2v) is 5.05. The fourth-order valence-electron chi connectivity index (χ4n) is 2.53. The van der Waals surface area contributed by atoms with Crippen LogP contribution in [0, 0.1) is 12.3 Å². The van der Waals surface area contributed by atoms with Crippen LogP contribution in [0.1, 0.15) is 6.92 Å². The molecule has 1 saturated heterocycles. The normalized spacial score (nSPS) is 15.4. The topological polar surface area (TPSA) is 40.1 Å². The molecular weight excluding hydrogens is 276 g/mol. The van der Waals surface area contributed by atoms with Gasteiger partial charge in [0.2, 0.25) is 0 Å². The number of guanidine groups is 1. The van der Waals surface area contributed by atoms with Crippen LogP contribution in [0.4, 0.5) is 5.69 Å². The summed E-state index contributed by atoms with van der Waals surface area (Å²) >= 11 is 0. The maximum atomic E-state index is 5.30. The molecule has 5 nitrogen and oxygen atoms in total. The number of nitrogens with one attached hydrogen (secondary N) is 1. The van der Waals surface area contributed by atoms with Gasteiger partial charge in [-0.25, -0.2) is 4.99 Å². The minimum atomic E-state index is 0.415. The van der Waals surface area contributed by atoms with Crippen LogP contribution in [-0.4, -0.2) is 57.2 Å². The SMILES string of the molecule is C#CCN=C(NCC)N1CCN(c2cccc(OC)c2)CC1. The lowest BCUT2D eigenvalue weighted by atomic mass is 10.2. The molecule has 0 atom stereocenters. The van der Waals surface area contributed by atoms with Gasteiger partial charge in [0.1, 0.15) is 12.3 Å². The van der Waals surface area contributed by atoms with Crippen LogP contribution in [0.15, 0.2) is 29.3 Å². The summed E-state index contributed by atoms with van der Waals surface area (Å²) in [6, 6.07) is 8.19. The van der Waals surface area contributed by atoms with Crippen LogP contribution in [0.3, 0.4) is 0 Å². The van der Waals surface area contributed by atoms with E-state index < -0.39 is 0 Å². The van der Waals surface area contributed by atoms with Crippen molar-refractivity contribution in [1.29, 1.82) is 0 Å². The number of nitrogens with zero attached hydrogens (tertiary/aromatic N) is 3. The van der Waals surface area contributed by atoms with Crippen molar-refractivity contribution in [1.82, 2.24) is 10.2 Å². The maximum absolute atomic E-state index is 5.30. The summed E-state index contributed by atoms with van der Waals surface area (Å²) in [5.74, 6) is 4.37. The van der Waals surface area contributed by atoms with Crippen LogP contribution < -0.4 is 15.0 Å². The molecule has 2 rings (SSSR count). The Kier molecular flexibility index (Phi) is 5.96. The number of benzene rings is 1. The molecular formula is C17H24N4O. The molecule has 0 aromatic heterocycles. The Morgan fingerprint density at radius 3 is 2.77 bits per heavy atom. The fraction of sp³-hybridized carbons (Fsp3) is 0.471. The molecule has 1 heterocycles. The standard InChI is InChI=1S/C17H24N4O/c1-4-9-19-17(18-5-2)21-12-10-20(11-13-21)15-7-6-8-16(14-15)22-3/h1,6-8,14H,5,9-13H2,2-3H3,(H,18,19). The van der Waals surface area contributed by atoms with E-state index >= 15 is 0 Å². The maximum Gasteiger partial charge on any atom is 0.195 e. The van der Waals surface area contributed by atoms with Gasteiger partial charge in [-0.15, -0.1) is 6.42 Å². The van der Waals surface area contributed by atoms with Gasteiger partial charge in [-0.1, -0.05) is 12.0 Å². The number of hydrogen-bond acceptors (Lipinski definition) is 3. The van der Waals surface area contributed by atoms with Crippen LogP contribution >= 0.6 is 0 Å². The highest BCUT2D eigenvalue weighted by atomic mass is 16.5. The largest absolute Gasteiger partial charge is 0.497 e. The number of terminal acetylenes is 1. The van der Waals surface area contributed by atoms with Crippen LogP contribution in [0.5, 0.6) is 5.75 Å². The Hall–Kier alpha value is -2.35. The average molecular weight is 300 g/mol. The third-order valence-electron chi connectivity index (χ3n) is 3.65. The Morgan fingerprint density at radius 2 is 2.14 bits per heavy atom. The third-order valence-corrected chi connectivity index (χ3v) is 3.65. The van der Waals surface area contributed by atoms with Crippen LogP contribution in [-0.2, 0) is 0 Å². The number of hydrogen-bond donors (Lipinski definition) is 1. The summed E-state index contributed by atoms with van der Waals surface area (Å²) in [6.07, 6.45) is 5.30. The van der Waals surface area contributed by atoms with Crippen LogP contribution in [0.2, 0.25) is 0 Å². The predicted molar refractivity (Wildman–Crippen MR) is 91.6 cm³/mol. The number of aliphatic imine (C=N–C) groups is 1. The van der Waals surface area contributed by atoms with E-state index in [0.29, 0.717) is 6.54 Å². The van der Waals surface area contributed by atoms with Gasteiger partial charge in [-0.2, -0.15) is 0 Å². The summed E-state index contributed by atoms with van der Waals surface area (Å²) in [6.45, 7) is 7.08. The smallest absolute Gasteiger partial charge is 0.195 e. The molecule has 1 aromatic rings. The highest BCUT2D eigenvalue weighted by molar-refractivity contribution is 5.80. The minimum absolute atomic E-state index is 0.415. The van der Waals surface area contributed by atoms with Gasteiger partial charge in [0.15, 0.2) is 5.96 Å². The Bertz CT molecular complexity index is 542. The summed E-state index contributed by atoms with van der Waals surface area (Å²) in [5.41, 5.74) is 1.20. The van der Waals surface area contributed by atoms with Gasteiger partial charge < -0.3 is 19.9 Å². The van der Waals surface area contributed by atoms with Crippen molar-refractivity contribution in [2.24, 2.45) is 4.99 Å². The molecule has 5 heteroatoms. The molecule has 0 aliphatic carbocycles. The summed E-state index contributed by atoms with van der Waals surface area (Å²) in [5, 5.41) is 3.30. The third kappa shape index (κ3) is 4.08. The van der Waals surface area contributed by atoms with Gasteiger partial charge in [0.05, 0.1) is 7.11 Å². The second-order valence-electron chi connectivity index (χ2n) is 5.05. The van der Waals surface area contributed by atoms with Gasteiger partial charge in [-0.3, -0.25) is 0 Å². The van der Waals surface area contributed by atoms with Gasteiger partial charge >= 0.3 is 0 Å². The predicted octanol–water partition coefficient (Wildman–Crippen LogP) is 1.42. The first kappa shape index (κ1) is 16.0. The fourth-order valence-corrected chi connectivity index (χ4v) is 2.53. The van der Waals surface area contributed by atoms with Crippen LogP contribution in [0.25, 0.3) is 0 Å². The van der Waals surface area contributed by atoms with Crippen molar-refractivity contribution in [3.63, 3.8) is 0 Å². The molecule has 118 valence electrons. The second kappa shape index (κ2) is 8.18. The number of ether oxygens (including phenoxy) is 1. The van der Waals surface area contributed by atoms with Crippen molar-refractivity contribution in [3.8, 4) is 18.1 Å². The van der Waals surface area contributed by atoms with Crippen molar-refractivity contribution in [2.75, 3.05) is 51.3 Å². The number of methoxy groups -OCH3 is 1. The Labute approximate surface area is 133 Å². The first-order chi connectivity index (χ1) is 10.8. The average Bonchev–Trinajstić information content (AvgIpc) is 2.59. The lowest BCUT2D eigenvalue weighted by Gasteiger charge is -2.37. The molecule has 1 fully saturated rings. The first-order valence-corrected chi connectivity index (χ1v) is 7.64. The van der Waals surface area contributed by atoms with E-state index in [2.05, 4.69) is 45.1 Å². The molecule has 0 radical (unpaired) electrons. The number of anilines is 1. The molecule has 1 N–H and O–H groups in total. The van der Waals surface area contributed by atoms with Crippen molar-refractivity contribution in [2.45, 2.75) is 6.92 Å². The van der Waals surface area contributed by atoms with E-state index in [9.17, 15) is 0 Å². The molecule has 1 aliphatic rings. The zero-order valence-corrected chi connectivity index (χ0v) is 13.4. The number of piperazine rings is 1. The molecule has 0 amide bonds. The van der Waals surface area contributed by atoms with E-state index in [1.807, 2.05) is 12.1 Å². The highest BCUT2D eigenvalue weighted by Crippen LogP contribution is 2.22. The summed E-state index contributed by atoms with van der Waals surface area (Å²) < 4.78 is 5.30. The Morgan fingerprint density at radius 1 is 1.36 bits per heavy atom. The van der Waals surface area contributed by atoms with Crippen molar-refractivity contribution >= 4 is 11.6 Å². The number of rotatable bonds is 4. The van der Waals surface area contributed by atoms with E-state index in [-0.39, 0.29) is 0 Å². The first-order valence-electron chi connectivity index (χ1n) is 7.64. The van der Waals surface area contributed by atoms with E-state index in [0.717, 1.165) is 44.4 Å². The zero-order chi connectivity index (χ0) is 15.8. The van der Waals surface area contributed by atoms with Gasteiger partial charge in [-0.05, 0) is 19.1 Å². The van der Waals surface area contributed by atoms with Gasteiger partial charge in [0, 0.05) is 44.5 Å². The summed E-state index contributed by atoms with van der Waals surface area (Å²) in [4.78, 5) is 9.06. The molecule has 22 heavy (non-hydrogen) atoms. The monoisotopic (exact) mass is 300 g/mol. The van der Waals surface area contributed by atoms with E-state index in [1.165, 1.54) is 5.69 Å². The molecule has 1 aliphatic heterocycles. The molecule has 0 spiro atoms. The van der Waals surface area contributed by atoms with Gasteiger partial charge in [0.25, 0.3) is 0 Å². The molecule has 0 unspecified atom stereocenters. The zero-order valence-electron chi connectivity index (χ0n) is 13.4. The lowest BCUT2D eigenvalue weighted by molar-refractivity contribution is 0.372. The quantitative estimate of drug-likeness (QED) is 0.519. The molecule has 0 bridgehead atoms. The van der Waals surface area contributed by atoms with Crippen molar-refractivity contribution in [3.05, 3.63) is 24.3 Å². The Balaban J connectivity index is 1.98. The van der Waals surface area contributed by atoms with E-state index in [1.54, 1.807) is 7.11 Å². The lowest BCUT2D eigenvalue weighted by Crippen LogP contribution is -2.52. The highest BCUT2D eigenvalue weighted by Gasteiger charge is 2.19. The summed E-state index contributed by atoms with van der Waals surface area (Å²) in [7, 11) is 1.70. The molecule has 1 aromatic carbocycles. The molecule has 0 saturated carbocycles. The van der Waals surface area contributed by atoms with E-state index in [4.69, 9.17) is 11.2 Å². The minimum Gasteiger partial charge on any atom is -0.497 e.